The number of methoxy groups -OCH3 is 2. The highest BCUT2D eigenvalue weighted by Crippen LogP contribution is 2.22. The van der Waals surface area contributed by atoms with Crippen molar-refractivity contribution in [1.29, 1.82) is 0 Å². The van der Waals surface area contributed by atoms with E-state index in [1.54, 1.807) is 12.1 Å². The van der Waals surface area contributed by atoms with Gasteiger partial charge >= 0.3 is 6.03 Å². The van der Waals surface area contributed by atoms with E-state index in [9.17, 15) is 13.2 Å². The van der Waals surface area contributed by atoms with Crippen LogP contribution < -0.4 is 19.5 Å². The second-order valence-electron chi connectivity index (χ2n) is 4.84. The summed E-state index contributed by atoms with van der Waals surface area (Å²) in [6.07, 6.45) is 1.39. The van der Waals surface area contributed by atoms with Gasteiger partial charge in [0.2, 0.25) is 22.7 Å². The van der Waals surface area contributed by atoms with Gasteiger partial charge in [0.15, 0.2) is 5.65 Å². The van der Waals surface area contributed by atoms with E-state index < -0.39 is 16.1 Å². The number of urea groups is 1. The molecule has 0 atom stereocenters. The van der Waals surface area contributed by atoms with Gasteiger partial charge in [0.25, 0.3) is 10.0 Å². The molecule has 0 aliphatic heterocycles. The minimum Gasteiger partial charge on any atom is -0.481 e. The Kier molecular flexibility index (Phi) is 5.09. The van der Waals surface area contributed by atoms with E-state index in [-0.39, 0.29) is 33.0 Å². The molecule has 0 saturated carbocycles. The number of rotatable bonds is 5. The van der Waals surface area contributed by atoms with Crippen LogP contribution in [0.3, 0.4) is 0 Å². The van der Waals surface area contributed by atoms with Gasteiger partial charge in [-0.25, -0.2) is 14.5 Å². The fourth-order valence-electron chi connectivity index (χ4n) is 2.03. The summed E-state index contributed by atoms with van der Waals surface area (Å²) in [5, 5.41) is 5.78. The molecule has 3 rings (SSSR count). The number of nitrogens with zero attached hydrogens (tertiary/aromatic N) is 5. The number of hydrogen-bond acceptors (Lipinski definition) is 9. The van der Waals surface area contributed by atoms with Gasteiger partial charge in [0.05, 0.1) is 20.3 Å². The lowest BCUT2D eigenvalue weighted by molar-refractivity contribution is 0.256. The maximum atomic E-state index is 12.6. The molecule has 0 saturated heterocycles. The predicted octanol–water partition coefficient (Wildman–Crippen LogP) is 0.809. The summed E-state index contributed by atoms with van der Waals surface area (Å²) in [6.45, 7) is 0. The van der Waals surface area contributed by atoms with E-state index in [1.165, 1.54) is 26.5 Å². The van der Waals surface area contributed by atoms with E-state index >= 15 is 0 Å². The van der Waals surface area contributed by atoms with Crippen LogP contribution in [0.2, 0.25) is 0 Å². The number of ether oxygens (including phenoxy) is 2. The third kappa shape index (κ3) is 3.90. The molecule has 12 nitrogen and oxygen atoms in total. The molecule has 3 aromatic rings. The Morgan fingerprint density at radius 2 is 1.85 bits per heavy atom. The van der Waals surface area contributed by atoms with Crippen molar-refractivity contribution in [3.63, 3.8) is 0 Å². The molecule has 2 N–H and O–H groups in total. The van der Waals surface area contributed by atoms with Gasteiger partial charge in [0.1, 0.15) is 4.60 Å². The number of sulfonamides is 1. The molecule has 0 radical (unpaired) electrons. The maximum absolute atomic E-state index is 12.6. The van der Waals surface area contributed by atoms with Gasteiger partial charge < -0.3 is 9.47 Å². The van der Waals surface area contributed by atoms with Gasteiger partial charge in [-0.3, -0.25) is 5.32 Å². The van der Waals surface area contributed by atoms with Crippen LogP contribution in [0.4, 0.5) is 10.7 Å². The lowest BCUT2D eigenvalue weighted by atomic mass is 10.6. The van der Waals surface area contributed by atoms with E-state index in [2.05, 4.69) is 41.3 Å². The minimum absolute atomic E-state index is 0.000740. The highest BCUT2D eigenvalue weighted by Gasteiger charge is 2.27. The van der Waals surface area contributed by atoms with Crippen molar-refractivity contribution < 1.29 is 22.7 Å². The summed E-state index contributed by atoms with van der Waals surface area (Å²) < 4.78 is 38.0. The van der Waals surface area contributed by atoms with E-state index in [1.807, 2.05) is 4.72 Å². The number of carbonyl (C=O) groups is 1. The average Bonchev–Trinajstić information content (AvgIpc) is 2.97. The van der Waals surface area contributed by atoms with Crippen LogP contribution in [0.1, 0.15) is 0 Å². The fourth-order valence-corrected chi connectivity index (χ4v) is 4.05. The van der Waals surface area contributed by atoms with E-state index in [0.717, 1.165) is 4.52 Å². The number of amides is 2. The second-order valence-corrected chi connectivity index (χ2v) is 7.19. The van der Waals surface area contributed by atoms with Gasteiger partial charge in [0, 0.05) is 6.20 Å². The Bertz CT molecular complexity index is 1100. The molecule has 0 aromatic carbocycles. The number of hydrogen-bond donors (Lipinski definition) is 2. The summed E-state index contributed by atoms with van der Waals surface area (Å²) in [4.78, 5) is 23.9. The molecule has 0 unspecified atom stereocenters. The Balaban J connectivity index is 1.86. The minimum atomic E-state index is -4.31. The molecule has 0 fully saturated rings. The number of aromatic nitrogens is 5. The van der Waals surface area contributed by atoms with Gasteiger partial charge in [-0.2, -0.15) is 28.0 Å². The van der Waals surface area contributed by atoms with Gasteiger partial charge in [-0.05, 0) is 28.1 Å². The third-order valence-electron chi connectivity index (χ3n) is 3.12. The fraction of sp³-hybridized carbons (Fsp3) is 0.154. The molecule has 3 heterocycles. The van der Waals surface area contributed by atoms with Crippen LogP contribution in [-0.4, -0.2) is 53.2 Å². The Morgan fingerprint density at radius 1 is 1.19 bits per heavy atom. The van der Waals surface area contributed by atoms with Crippen molar-refractivity contribution in [2.24, 2.45) is 0 Å². The summed E-state index contributed by atoms with van der Waals surface area (Å²) in [6, 6.07) is 3.45. The van der Waals surface area contributed by atoms with Crippen molar-refractivity contribution >= 4 is 43.6 Å². The zero-order valence-corrected chi connectivity index (χ0v) is 16.3. The quantitative estimate of drug-likeness (QED) is 0.566. The lowest BCUT2D eigenvalue weighted by Gasteiger charge is -2.09. The van der Waals surface area contributed by atoms with Crippen LogP contribution in [0.25, 0.3) is 5.65 Å². The first-order valence-corrected chi connectivity index (χ1v) is 9.42. The molecule has 14 heteroatoms. The number of carbonyl (C=O) groups excluding carboxylic acids is 1. The average molecular weight is 458 g/mol. The topological polar surface area (TPSA) is 150 Å². The monoisotopic (exact) mass is 457 g/mol. The van der Waals surface area contributed by atoms with Gasteiger partial charge in [-0.1, -0.05) is 0 Å². The molecule has 2 amide bonds. The predicted molar refractivity (Wildman–Crippen MR) is 95.2 cm³/mol. The van der Waals surface area contributed by atoms with Gasteiger partial charge in [-0.15, -0.1) is 0 Å². The highest BCUT2D eigenvalue weighted by molar-refractivity contribution is 9.10. The highest BCUT2D eigenvalue weighted by atomic mass is 79.9. The van der Waals surface area contributed by atoms with Crippen LogP contribution in [0, 0.1) is 0 Å². The van der Waals surface area contributed by atoms with Crippen molar-refractivity contribution in [3.8, 4) is 11.8 Å². The maximum Gasteiger partial charge on any atom is 0.335 e. The number of nitrogens with one attached hydrogen (secondary N) is 2. The first kappa shape index (κ1) is 18.8. The van der Waals surface area contributed by atoms with Crippen LogP contribution in [0.5, 0.6) is 11.8 Å². The molecule has 27 heavy (non-hydrogen) atoms. The third-order valence-corrected chi connectivity index (χ3v) is 5.26. The van der Waals surface area contributed by atoms with E-state index in [0.29, 0.717) is 0 Å². The molecule has 0 spiro atoms. The first-order chi connectivity index (χ1) is 12.8. The van der Waals surface area contributed by atoms with Crippen molar-refractivity contribution in [3.05, 3.63) is 29.0 Å². The summed E-state index contributed by atoms with van der Waals surface area (Å²) >= 11 is 3.06. The molecular weight excluding hydrogens is 446 g/mol. The first-order valence-electron chi connectivity index (χ1n) is 7.14. The molecular formula is C13H12BrN7O5S. The standard InChI is InChI=1S/C13H12BrN7O5S/c1-25-8-6-9(26-2)18-12(17-8)19-13(22)20-27(23,24)11-10(14)16-7-4-3-5-15-21(7)11/h3-6H,1-2H3,(H2,17,18,19,20,22). The number of fused-ring (bicyclic) bond motifs is 1. The van der Waals surface area contributed by atoms with Crippen LogP contribution in [-0.2, 0) is 10.0 Å². The zero-order chi connectivity index (χ0) is 19.6. The zero-order valence-electron chi connectivity index (χ0n) is 13.9. The lowest BCUT2D eigenvalue weighted by Crippen LogP contribution is -2.35. The molecule has 0 aliphatic rings. The largest absolute Gasteiger partial charge is 0.481 e. The smallest absolute Gasteiger partial charge is 0.335 e. The number of anilines is 1. The summed E-state index contributed by atoms with van der Waals surface area (Å²) in [7, 11) is -1.58. The molecule has 0 bridgehead atoms. The number of imidazole rings is 1. The second kappa shape index (κ2) is 7.32. The van der Waals surface area contributed by atoms with E-state index in [4.69, 9.17) is 9.47 Å². The number of halogens is 1. The van der Waals surface area contributed by atoms with Crippen molar-refractivity contribution in [2.75, 3.05) is 19.5 Å². The van der Waals surface area contributed by atoms with Crippen LogP contribution in [0.15, 0.2) is 34.0 Å². The molecule has 142 valence electrons. The van der Waals surface area contributed by atoms with Crippen molar-refractivity contribution in [1.82, 2.24) is 29.3 Å². The Hall–Kier alpha value is -3.00. The SMILES string of the molecule is COc1cc(OC)nc(NC(=O)NS(=O)(=O)c2c(Br)nc3cccnn23)n1. The molecule has 3 aromatic heterocycles. The normalized spacial score (nSPS) is 11.2. The van der Waals surface area contributed by atoms with Crippen LogP contribution >= 0.6 is 15.9 Å². The summed E-state index contributed by atoms with van der Waals surface area (Å²) in [5.41, 5.74) is 0.283. The Labute approximate surface area is 161 Å². The molecule has 0 aliphatic carbocycles. The van der Waals surface area contributed by atoms with Crippen molar-refractivity contribution in [2.45, 2.75) is 5.03 Å². The Morgan fingerprint density at radius 3 is 2.48 bits per heavy atom. The summed E-state index contributed by atoms with van der Waals surface area (Å²) in [5.74, 6) is 0.0247.